The zero-order valence-corrected chi connectivity index (χ0v) is 9.58. The van der Waals surface area contributed by atoms with Crippen LogP contribution in [0.4, 0.5) is 14.6 Å². The quantitative estimate of drug-likeness (QED) is 0.752. The number of alkyl halides is 2. The van der Waals surface area contributed by atoms with Gasteiger partial charge in [-0.1, -0.05) is 11.6 Å². The lowest BCUT2D eigenvalue weighted by Crippen LogP contribution is -2.23. The molecule has 2 heterocycles. The summed E-state index contributed by atoms with van der Waals surface area (Å²) in [6.45, 7) is 2.67. The number of hydrogen-bond acceptors (Lipinski definition) is 3. The van der Waals surface area contributed by atoms with E-state index in [0.717, 1.165) is 0 Å². The first-order valence-electron chi connectivity index (χ1n) is 5.10. The summed E-state index contributed by atoms with van der Waals surface area (Å²) in [6.07, 6.45) is -1.76. The van der Waals surface area contributed by atoms with E-state index in [9.17, 15) is 8.78 Å². The Hall–Kier alpha value is -0.970. The van der Waals surface area contributed by atoms with Gasteiger partial charge in [-0.25, -0.2) is 18.7 Å². The fourth-order valence-corrected chi connectivity index (χ4v) is 2.10. The molecule has 0 radical (unpaired) electrons. The lowest BCUT2D eigenvalue weighted by molar-refractivity contribution is 0.0880. The Kier molecular flexibility index (Phi) is 3.23. The fourth-order valence-electron chi connectivity index (χ4n) is 1.88. The Bertz CT molecular complexity index is 366. The van der Waals surface area contributed by atoms with Gasteiger partial charge in [-0.2, -0.15) is 0 Å². The van der Waals surface area contributed by atoms with Crippen molar-refractivity contribution >= 4 is 17.4 Å². The topological polar surface area (TPSA) is 29.0 Å². The largest absolute Gasteiger partial charge is 0.356 e. The Morgan fingerprint density at radius 1 is 1.50 bits per heavy atom. The van der Waals surface area contributed by atoms with Gasteiger partial charge in [0.15, 0.2) is 0 Å². The van der Waals surface area contributed by atoms with E-state index in [1.807, 2.05) is 4.90 Å². The Balaban J connectivity index is 2.14. The average molecular weight is 248 g/mol. The molecule has 1 saturated heterocycles. The molecule has 0 N–H and O–H groups in total. The van der Waals surface area contributed by atoms with Crippen LogP contribution in [0.2, 0.25) is 5.15 Å². The Labute approximate surface area is 97.4 Å². The monoisotopic (exact) mass is 247 g/mol. The highest BCUT2D eigenvalue weighted by Crippen LogP contribution is 2.27. The molecule has 3 nitrogen and oxygen atoms in total. The number of anilines is 1. The number of rotatable bonds is 2. The number of aromatic nitrogens is 2. The minimum atomic E-state index is -2.26. The maximum Gasteiger partial charge on any atom is 0.243 e. The smallest absolute Gasteiger partial charge is 0.243 e. The predicted molar refractivity (Wildman–Crippen MR) is 58.1 cm³/mol. The average Bonchev–Trinajstić information content (AvgIpc) is 2.64. The Morgan fingerprint density at radius 2 is 2.25 bits per heavy atom. The number of aryl methyl sites for hydroxylation is 1. The van der Waals surface area contributed by atoms with Gasteiger partial charge >= 0.3 is 0 Å². The van der Waals surface area contributed by atoms with Crippen LogP contribution >= 0.6 is 11.6 Å². The lowest BCUT2D eigenvalue weighted by Gasteiger charge is -2.17. The minimum Gasteiger partial charge on any atom is -0.356 e. The van der Waals surface area contributed by atoms with Gasteiger partial charge < -0.3 is 4.90 Å². The molecular weight excluding hydrogens is 236 g/mol. The van der Waals surface area contributed by atoms with Gasteiger partial charge in [0.05, 0.1) is 0 Å². The van der Waals surface area contributed by atoms with Crippen LogP contribution in [0.15, 0.2) is 6.07 Å². The maximum atomic E-state index is 12.5. The van der Waals surface area contributed by atoms with Crippen molar-refractivity contribution in [2.75, 3.05) is 18.0 Å². The van der Waals surface area contributed by atoms with Crippen molar-refractivity contribution in [3.8, 4) is 0 Å². The van der Waals surface area contributed by atoms with E-state index in [0.29, 0.717) is 36.3 Å². The first-order valence-corrected chi connectivity index (χ1v) is 5.48. The van der Waals surface area contributed by atoms with Gasteiger partial charge in [0, 0.05) is 25.1 Å². The van der Waals surface area contributed by atoms with Gasteiger partial charge in [-0.3, -0.25) is 0 Å². The molecule has 2 rings (SSSR count). The third kappa shape index (κ3) is 2.40. The molecule has 1 aliphatic rings. The first-order chi connectivity index (χ1) is 7.56. The molecule has 16 heavy (non-hydrogen) atoms. The van der Waals surface area contributed by atoms with Crippen molar-refractivity contribution in [1.82, 2.24) is 9.97 Å². The third-order valence-corrected chi connectivity index (χ3v) is 2.89. The molecule has 0 amide bonds. The Morgan fingerprint density at radius 3 is 2.81 bits per heavy atom. The minimum absolute atomic E-state index is 0.338. The van der Waals surface area contributed by atoms with E-state index >= 15 is 0 Å². The summed E-state index contributed by atoms with van der Waals surface area (Å²) in [5.74, 6) is 0.637. The molecule has 88 valence electrons. The summed E-state index contributed by atoms with van der Waals surface area (Å²) in [5.41, 5.74) is 0. The van der Waals surface area contributed by atoms with Crippen molar-refractivity contribution < 1.29 is 8.78 Å². The van der Waals surface area contributed by atoms with E-state index in [1.165, 1.54) is 0 Å². The fraction of sp³-hybridized carbons (Fsp3) is 0.600. The molecule has 1 fully saturated rings. The predicted octanol–water partition coefficient (Wildman–Crippen LogP) is 2.53. The third-order valence-electron chi connectivity index (χ3n) is 2.70. The highest BCUT2D eigenvalue weighted by Gasteiger charge is 2.30. The summed E-state index contributed by atoms with van der Waals surface area (Å²) >= 11 is 5.80. The van der Waals surface area contributed by atoms with Crippen LogP contribution < -0.4 is 4.90 Å². The van der Waals surface area contributed by atoms with Crippen molar-refractivity contribution in [2.24, 2.45) is 5.92 Å². The molecule has 6 heteroatoms. The highest BCUT2D eigenvalue weighted by molar-refractivity contribution is 6.29. The summed E-state index contributed by atoms with van der Waals surface area (Å²) in [5, 5.41) is 0.350. The van der Waals surface area contributed by atoms with E-state index in [4.69, 9.17) is 11.6 Å². The van der Waals surface area contributed by atoms with Crippen LogP contribution in [0.1, 0.15) is 12.2 Å². The second-order valence-electron chi connectivity index (χ2n) is 3.93. The van der Waals surface area contributed by atoms with Gasteiger partial charge in [0.2, 0.25) is 6.43 Å². The van der Waals surface area contributed by atoms with Crippen LogP contribution in [0.25, 0.3) is 0 Å². The molecule has 0 saturated carbocycles. The number of nitrogens with zero attached hydrogens (tertiary/aromatic N) is 3. The normalized spacial score (nSPS) is 20.8. The molecule has 0 unspecified atom stereocenters. The summed E-state index contributed by atoms with van der Waals surface area (Å²) in [4.78, 5) is 9.97. The SMILES string of the molecule is Cc1nc(Cl)cc(N2CC[C@H](C(F)F)C2)n1. The van der Waals surface area contributed by atoms with E-state index in [1.54, 1.807) is 13.0 Å². The first kappa shape index (κ1) is 11.5. The van der Waals surface area contributed by atoms with Crippen molar-refractivity contribution in [3.63, 3.8) is 0 Å². The van der Waals surface area contributed by atoms with E-state index < -0.39 is 12.3 Å². The van der Waals surface area contributed by atoms with Crippen LogP contribution in [-0.2, 0) is 0 Å². The summed E-state index contributed by atoms with van der Waals surface area (Å²) < 4.78 is 25.0. The van der Waals surface area contributed by atoms with E-state index in [-0.39, 0.29) is 0 Å². The molecule has 0 spiro atoms. The molecular formula is C10H12ClF2N3. The molecule has 1 atom stereocenters. The maximum absolute atomic E-state index is 12.5. The van der Waals surface area contributed by atoms with Gasteiger partial charge in [0.25, 0.3) is 0 Å². The zero-order chi connectivity index (χ0) is 11.7. The molecule has 1 aromatic rings. The lowest BCUT2D eigenvalue weighted by atomic mass is 10.1. The molecule has 1 aliphatic heterocycles. The highest BCUT2D eigenvalue weighted by atomic mass is 35.5. The number of halogens is 3. The van der Waals surface area contributed by atoms with Gasteiger partial charge in [-0.15, -0.1) is 0 Å². The second-order valence-corrected chi connectivity index (χ2v) is 4.31. The standard InChI is InChI=1S/C10H12ClF2N3/c1-6-14-8(11)4-9(15-6)16-3-2-7(5-16)10(12)13/h4,7,10H,2-3,5H2,1H3/t7-/m0/s1. The molecule has 0 aromatic carbocycles. The van der Waals surface area contributed by atoms with Crippen LogP contribution in [0.5, 0.6) is 0 Å². The van der Waals surface area contributed by atoms with Crippen molar-refractivity contribution in [3.05, 3.63) is 17.0 Å². The summed E-state index contributed by atoms with van der Waals surface area (Å²) in [6, 6.07) is 1.61. The van der Waals surface area contributed by atoms with Crippen LogP contribution in [0.3, 0.4) is 0 Å². The van der Waals surface area contributed by atoms with E-state index in [2.05, 4.69) is 9.97 Å². The molecule has 1 aromatic heterocycles. The second kappa shape index (κ2) is 4.49. The van der Waals surface area contributed by atoms with Crippen LogP contribution in [0, 0.1) is 12.8 Å². The zero-order valence-electron chi connectivity index (χ0n) is 8.83. The number of hydrogen-bond donors (Lipinski definition) is 0. The van der Waals surface area contributed by atoms with Crippen molar-refractivity contribution in [1.29, 1.82) is 0 Å². The van der Waals surface area contributed by atoms with Crippen LogP contribution in [-0.4, -0.2) is 29.5 Å². The van der Waals surface area contributed by atoms with Gasteiger partial charge in [0.1, 0.15) is 16.8 Å². The molecule has 0 aliphatic carbocycles. The van der Waals surface area contributed by atoms with Crippen molar-refractivity contribution in [2.45, 2.75) is 19.8 Å². The van der Waals surface area contributed by atoms with Gasteiger partial charge in [-0.05, 0) is 13.3 Å². The molecule has 0 bridgehead atoms. The summed E-state index contributed by atoms with van der Waals surface area (Å²) in [7, 11) is 0.